The molecule has 1 rings (SSSR count). The summed E-state index contributed by atoms with van der Waals surface area (Å²) in [4.78, 5) is 13.2. The van der Waals surface area contributed by atoms with Gasteiger partial charge in [-0.2, -0.15) is 0 Å². The van der Waals surface area contributed by atoms with E-state index in [2.05, 4.69) is 19.2 Å². The maximum Gasteiger partial charge on any atom is 0.220 e. The Morgan fingerprint density at radius 3 is 0.899 bits per heavy atom. The normalized spacial score (nSPS) is 18.4. The zero-order valence-electron chi connectivity index (χ0n) is 52.9. The van der Waals surface area contributed by atoms with Crippen molar-refractivity contribution in [2.45, 2.75) is 429 Å². The van der Waals surface area contributed by atoms with Gasteiger partial charge in [0.25, 0.3) is 0 Å². The lowest BCUT2D eigenvalue weighted by Gasteiger charge is -2.40. The summed E-state index contributed by atoms with van der Waals surface area (Å²) in [5, 5.41) is 55.0. The maximum absolute atomic E-state index is 13.2. The number of ether oxygens (including phenoxy) is 2. The Morgan fingerprint density at radius 2 is 0.633 bits per heavy atom. The summed E-state index contributed by atoms with van der Waals surface area (Å²) in [7, 11) is 0. The van der Waals surface area contributed by atoms with Crippen LogP contribution in [0.15, 0.2) is 0 Å². The quantitative estimate of drug-likeness (QED) is 0.0330. The molecule has 6 N–H and O–H groups in total. The molecule has 1 heterocycles. The molecular weight excluding hydrogens is 983 g/mol. The second kappa shape index (κ2) is 60.3. The molecule has 9 heteroatoms. The van der Waals surface area contributed by atoms with Crippen LogP contribution in [0.2, 0.25) is 0 Å². The van der Waals surface area contributed by atoms with E-state index in [9.17, 15) is 30.3 Å². The molecule has 0 radical (unpaired) electrons. The third-order valence-corrected chi connectivity index (χ3v) is 17.7. The molecule has 0 aromatic heterocycles. The minimum atomic E-state index is -1.55. The molecular formula is C70H139NO8. The van der Waals surface area contributed by atoms with E-state index < -0.39 is 49.5 Å². The van der Waals surface area contributed by atoms with Crippen LogP contribution in [0.25, 0.3) is 0 Å². The Morgan fingerprint density at radius 1 is 0.380 bits per heavy atom. The molecule has 0 aromatic rings. The standard InChI is InChI=1S/C70H139NO8/c1-3-5-7-9-11-13-15-17-19-21-23-25-27-29-31-32-33-34-35-37-39-41-43-45-47-49-51-53-55-57-59-64(73)63(62-78-70-69(77)68(76)67(75)65(61-72)79-70)71-66(74)60-58-56-54-52-50-48-46-44-42-40-38-36-30-28-26-24-22-20-18-16-14-12-10-8-6-4-2/h63-65,67-70,72-73,75-77H,3-62H2,1-2H3,(H,71,74). The molecule has 0 aliphatic carbocycles. The van der Waals surface area contributed by atoms with Crippen molar-refractivity contribution in [3.63, 3.8) is 0 Å². The molecule has 472 valence electrons. The number of aliphatic hydroxyl groups is 5. The van der Waals surface area contributed by atoms with E-state index in [0.29, 0.717) is 12.8 Å². The van der Waals surface area contributed by atoms with Gasteiger partial charge in [-0.25, -0.2) is 0 Å². The predicted molar refractivity (Wildman–Crippen MR) is 337 cm³/mol. The van der Waals surface area contributed by atoms with Gasteiger partial charge in [-0.3, -0.25) is 4.79 Å². The van der Waals surface area contributed by atoms with Gasteiger partial charge in [0.15, 0.2) is 6.29 Å². The molecule has 1 aliphatic rings. The molecule has 0 aromatic carbocycles. The molecule has 1 aliphatic heterocycles. The van der Waals surface area contributed by atoms with Crippen molar-refractivity contribution in [1.29, 1.82) is 0 Å². The number of hydrogen-bond acceptors (Lipinski definition) is 8. The smallest absolute Gasteiger partial charge is 0.220 e. The van der Waals surface area contributed by atoms with Crippen LogP contribution >= 0.6 is 0 Å². The second-order valence-corrected chi connectivity index (χ2v) is 25.4. The fourth-order valence-electron chi connectivity index (χ4n) is 12.1. The van der Waals surface area contributed by atoms with Crippen molar-refractivity contribution < 1.29 is 39.8 Å². The van der Waals surface area contributed by atoms with Gasteiger partial charge in [-0.15, -0.1) is 0 Å². The van der Waals surface area contributed by atoms with Crippen LogP contribution in [-0.2, 0) is 14.3 Å². The number of unbranched alkanes of at least 4 members (excludes halogenated alkanes) is 54. The maximum atomic E-state index is 13.2. The van der Waals surface area contributed by atoms with Crippen LogP contribution in [-0.4, -0.2) is 87.5 Å². The van der Waals surface area contributed by atoms with E-state index in [1.54, 1.807) is 0 Å². The van der Waals surface area contributed by atoms with Gasteiger partial charge in [0.2, 0.25) is 5.91 Å². The SMILES string of the molecule is CCCCCCCCCCCCCCCCCCCCCCCCCCCCCCCCC(O)C(COC1OC(CO)C(O)C(O)C1O)NC(=O)CCCCCCCCCCCCCCCCCCCCCCCCCCCC. The average Bonchev–Trinajstić information content (AvgIpc) is 3.47. The minimum absolute atomic E-state index is 0.130. The number of carbonyl (C=O) groups excluding carboxylic acids is 1. The van der Waals surface area contributed by atoms with Gasteiger partial charge in [-0.1, -0.05) is 367 Å². The Balaban J connectivity index is 2.09. The molecule has 7 unspecified atom stereocenters. The van der Waals surface area contributed by atoms with Gasteiger partial charge in [0.05, 0.1) is 25.4 Å². The Labute approximate surface area is 491 Å². The van der Waals surface area contributed by atoms with Crippen molar-refractivity contribution in [1.82, 2.24) is 5.32 Å². The van der Waals surface area contributed by atoms with Crippen LogP contribution in [0.1, 0.15) is 386 Å². The summed E-state index contributed by atoms with van der Waals surface area (Å²) in [5.74, 6) is -0.133. The van der Waals surface area contributed by atoms with Crippen LogP contribution in [0, 0.1) is 0 Å². The first-order valence-corrected chi connectivity index (χ1v) is 35.7. The van der Waals surface area contributed by atoms with E-state index in [4.69, 9.17) is 9.47 Å². The van der Waals surface area contributed by atoms with E-state index in [1.807, 2.05) is 0 Å². The molecule has 1 fully saturated rings. The minimum Gasteiger partial charge on any atom is -0.394 e. The number of carbonyl (C=O) groups is 1. The fourth-order valence-corrected chi connectivity index (χ4v) is 12.1. The van der Waals surface area contributed by atoms with Gasteiger partial charge in [0, 0.05) is 6.42 Å². The Hall–Kier alpha value is -0.810. The summed E-state index contributed by atoms with van der Waals surface area (Å²) in [6, 6.07) is -0.715. The lowest BCUT2D eigenvalue weighted by atomic mass is 9.99. The summed E-state index contributed by atoms with van der Waals surface area (Å²) in [6.07, 6.45) is 68.9. The fraction of sp³-hybridized carbons (Fsp3) is 0.986. The Kier molecular flexibility index (Phi) is 58.2. The van der Waals surface area contributed by atoms with Crippen molar-refractivity contribution in [2.24, 2.45) is 0 Å². The van der Waals surface area contributed by atoms with Crippen molar-refractivity contribution in [3.05, 3.63) is 0 Å². The molecule has 1 amide bonds. The van der Waals surface area contributed by atoms with Crippen LogP contribution in [0.3, 0.4) is 0 Å². The third kappa shape index (κ3) is 49.2. The van der Waals surface area contributed by atoms with Crippen LogP contribution in [0.5, 0.6) is 0 Å². The monoisotopic (exact) mass is 1120 g/mol. The first-order chi connectivity index (χ1) is 38.8. The predicted octanol–water partition coefficient (Wildman–Crippen LogP) is 19.3. The highest BCUT2D eigenvalue weighted by atomic mass is 16.7. The van der Waals surface area contributed by atoms with E-state index in [0.717, 1.165) is 38.5 Å². The highest BCUT2D eigenvalue weighted by Crippen LogP contribution is 2.24. The van der Waals surface area contributed by atoms with Crippen molar-refractivity contribution in [2.75, 3.05) is 13.2 Å². The van der Waals surface area contributed by atoms with Gasteiger partial charge in [0.1, 0.15) is 24.4 Å². The van der Waals surface area contributed by atoms with Crippen molar-refractivity contribution >= 4 is 5.91 Å². The van der Waals surface area contributed by atoms with E-state index >= 15 is 0 Å². The number of rotatable bonds is 64. The topological polar surface area (TPSA) is 149 Å². The van der Waals surface area contributed by atoms with Crippen LogP contribution in [0.4, 0.5) is 0 Å². The Bertz CT molecular complexity index is 1210. The van der Waals surface area contributed by atoms with Crippen LogP contribution < -0.4 is 5.32 Å². The summed E-state index contributed by atoms with van der Waals surface area (Å²) < 4.78 is 11.4. The molecule has 0 bridgehead atoms. The van der Waals surface area contributed by atoms with E-state index in [1.165, 1.54) is 321 Å². The summed E-state index contributed by atoms with van der Waals surface area (Å²) in [5.41, 5.74) is 0. The van der Waals surface area contributed by atoms with Crippen molar-refractivity contribution in [3.8, 4) is 0 Å². The zero-order chi connectivity index (χ0) is 57.2. The number of amides is 1. The molecule has 9 nitrogen and oxygen atoms in total. The van der Waals surface area contributed by atoms with Gasteiger partial charge in [-0.05, 0) is 12.8 Å². The summed E-state index contributed by atoms with van der Waals surface area (Å²) in [6.45, 7) is 3.91. The first kappa shape index (κ1) is 76.2. The molecule has 0 saturated carbocycles. The lowest BCUT2D eigenvalue weighted by Crippen LogP contribution is -2.60. The molecule has 1 saturated heterocycles. The molecule has 79 heavy (non-hydrogen) atoms. The van der Waals surface area contributed by atoms with Gasteiger partial charge < -0.3 is 40.3 Å². The number of aliphatic hydroxyl groups excluding tert-OH is 5. The summed E-state index contributed by atoms with van der Waals surface area (Å²) >= 11 is 0. The number of hydrogen-bond donors (Lipinski definition) is 6. The lowest BCUT2D eigenvalue weighted by molar-refractivity contribution is -0.302. The average molecular weight is 1120 g/mol. The zero-order valence-corrected chi connectivity index (χ0v) is 52.9. The van der Waals surface area contributed by atoms with E-state index in [-0.39, 0.29) is 12.5 Å². The molecule has 0 spiro atoms. The largest absolute Gasteiger partial charge is 0.394 e. The molecule has 7 atom stereocenters. The highest BCUT2D eigenvalue weighted by molar-refractivity contribution is 5.76. The highest BCUT2D eigenvalue weighted by Gasteiger charge is 2.44. The first-order valence-electron chi connectivity index (χ1n) is 35.7. The number of nitrogens with one attached hydrogen (secondary N) is 1. The third-order valence-electron chi connectivity index (χ3n) is 17.7. The second-order valence-electron chi connectivity index (χ2n) is 25.4. The van der Waals surface area contributed by atoms with Gasteiger partial charge >= 0.3 is 0 Å².